The predicted molar refractivity (Wildman–Crippen MR) is 73.6 cm³/mol. The molecule has 0 bridgehead atoms. The van der Waals surface area contributed by atoms with Gasteiger partial charge in [-0.2, -0.15) is 0 Å². The van der Waals surface area contributed by atoms with Gasteiger partial charge in [0.05, 0.1) is 0 Å². The van der Waals surface area contributed by atoms with Crippen LogP contribution in [0.2, 0.25) is 0 Å². The first-order chi connectivity index (χ1) is 9.19. The van der Waals surface area contributed by atoms with Crippen molar-refractivity contribution in [1.82, 2.24) is 0 Å². The third kappa shape index (κ3) is 3.56. The molecule has 0 fully saturated rings. The number of amides is 1. The van der Waals surface area contributed by atoms with Crippen LogP contribution < -0.4 is 16.2 Å². The quantitative estimate of drug-likeness (QED) is 0.856. The van der Waals surface area contributed by atoms with Crippen LogP contribution in [0.5, 0.6) is 5.75 Å². The lowest BCUT2D eigenvalue weighted by Gasteiger charge is -2.07. The van der Waals surface area contributed by atoms with Crippen LogP contribution in [0.3, 0.4) is 0 Å². The highest BCUT2D eigenvalue weighted by Crippen LogP contribution is 2.14. The summed E-state index contributed by atoms with van der Waals surface area (Å²) in [4.78, 5) is 10.9. The van der Waals surface area contributed by atoms with Crippen molar-refractivity contribution in [2.45, 2.75) is 13.2 Å². The fraction of sp³-hybridized carbons (Fsp3) is 0.133. The van der Waals surface area contributed by atoms with Crippen molar-refractivity contribution in [2.75, 3.05) is 0 Å². The van der Waals surface area contributed by atoms with Crippen LogP contribution in [0.25, 0.3) is 0 Å². The van der Waals surface area contributed by atoms with Gasteiger partial charge < -0.3 is 16.2 Å². The fourth-order valence-corrected chi connectivity index (χ4v) is 1.73. The van der Waals surface area contributed by atoms with Crippen molar-refractivity contribution in [1.29, 1.82) is 0 Å². The molecule has 0 atom stereocenters. The van der Waals surface area contributed by atoms with Gasteiger partial charge in [-0.05, 0) is 35.4 Å². The third-order valence-corrected chi connectivity index (χ3v) is 2.77. The molecule has 4 N–H and O–H groups in total. The number of carbonyl (C=O) groups is 1. The third-order valence-electron chi connectivity index (χ3n) is 2.77. The highest BCUT2D eigenvalue weighted by Gasteiger charge is 2.01. The van der Waals surface area contributed by atoms with Crippen LogP contribution in [-0.4, -0.2) is 5.91 Å². The van der Waals surface area contributed by atoms with Crippen LogP contribution >= 0.6 is 0 Å². The van der Waals surface area contributed by atoms with Gasteiger partial charge >= 0.3 is 0 Å². The van der Waals surface area contributed by atoms with Gasteiger partial charge in [0.15, 0.2) is 0 Å². The van der Waals surface area contributed by atoms with E-state index in [1.807, 2.05) is 24.3 Å². The van der Waals surface area contributed by atoms with Gasteiger partial charge in [0, 0.05) is 12.1 Å². The number of benzene rings is 2. The fourth-order valence-electron chi connectivity index (χ4n) is 1.73. The summed E-state index contributed by atoms with van der Waals surface area (Å²) >= 11 is 0. The van der Waals surface area contributed by atoms with Crippen molar-refractivity contribution in [3.63, 3.8) is 0 Å². The first-order valence-electron chi connectivity index (χ1n) is 5.99. The standard InChI is InChI=1S/C15H16N2O2/c16-9-11-2-1-3-12(8-11)10-19-14-6-4-13(5-7-14)15(17)18/h1-8H,9-10,16H2,(H2,17,18). The van der Waals surface area contributed by atoms with Crippen LogP contribution in [0, 0.1) is 0 Å². The Morgan fingerprint density at radius 3 is 2.37 bits per heavy atom. The van der Waals surface area contributed by atoms with Crippen molar-refractivity contribution >= 4 is 5.91 Å². The largest absolute Gasteiger partial charge is 0.489 e. The van der Waals surface area contributed by atoms with Gasteiger partial charge in [-0.3, -0.25) is 4.79 Å². The zero-order chi connectivity index (χ0) is 13.7. The molecule has 4 nitrogen and oxygen atoms in total. The summed E-state index contributed by atoms with van der Waals surface area (Å²) < 4.78 is 5.63. The van der Waals surface area contributed by atoms with E-state index in [4.69, 9.17) is 16.2 Å². The number of hydrogen-bond acceptors (Lipinski definition) is 3. The molecule has 0 saturated carbocycles. The van der Waals surface area contributed by atoms with E-state index in [2.05, 4.69) is 0 Å². The SMILES string of the molecule is NCc1cccc(COc2ccc(C(N)=O)cc2)c1. The Balaban J connectivity index is 1.99. The van der Waals surface area contributed by atoms with Crippen LogP contribution in [0.1, 0.15) is 21.5 Å². The molecule has 19 heavy (non-hydrogen) atoms. The lowest BCUT2D eigenvalue weighted by Crippen LogP contribution is -2.10. The highest BCUT2D eigenvalue weighted by atomic mass is 16.5. The Kier molecular flexibility index (Phi) is 4.15. The Morgan fingerprint density at radius 1 is 1.05 bits per heavy atom. The topological polar surface area (TPSA) is 78.3 Å². The van der Waals surface area contributed by atoms with Crippen LogP contribution in [-0.2, 0) is 13.2 Å². The number of nitrogens with two attached hydrogens (primary N) is 2. The molecule has 0 saturated heterocycles. The van der Waals surface area contributed by atoms with E-state index in [0.717, 1.165) is 11.1 Å². The molecule has 2 aromatic carbocycles. The van der Waals surface area contributed by atoms with Gasteiger partial charge in [0.1, 0.15) is 12.4 Å². The molecule has 1 amide bonds. The minimum absolute atomic E-state index is 0.442. The summed E-state index contributed by atoms with van der Waals surface area (Å²) in [6.07, 6.45) is 0. The van der Waals surface area contributed by atoms with Crippen molar-refractivity contribution in [3.05, 3.63) is 65.2 Å². The van der Waals surface area contributed by atoms with Crippen molar-refractivity contribution in [3.8, 4) is 5.75 Å². The summed E-state index contributed by atoms with van der Waals surface area (Å²) in [6.45, 7) is 0.977. The summed E-state index contributed by atoms with van der Waals surface area (Å²) in [5.74, 6) is 0.255. The maximum absolute atomic E-state index is 10.9. The molecule has 0 aliphatic rings. The van der Waals surface area contributed by atoms with E-state index in [0.29, 0.717) is 24.5 Å². The van der Waals surface area contributed by atoms with E-state index >= 15 is 0 Å². The second kappa shape index (κ2) is 6.02. The van der Waals surface area contributed by atoms with Gasteiger partial charge in [-0.1, -0.05) is 24.3 Å². The maximum atomic E-state index is 10.9. The Morgan fingerprint density at radius 2 is 1.74 bits per heavy atom. The summed E-state index contributed by atoms with van der Waals surface area (Å²) in [5, 5.41) is 0. The van der Waals surface area contributed by atoms with Gasteiger partial charge in [-0.15, -0.1) is 0 Å². The molecule has 0 radical (unpaired) electrons. The zero-order valence-corrected chi connectivity index (χ0v) is 10.5. The Bertz CT molecular complexity index is 565. The second-order valence-electron chi connectivity index (χ2n) is 4.20. The first-order valence-corrected chi connectivity index (χ1v) is 5.99. The molecule has 2 rings (SSSR count). The lowest BCUT2D eigenvalue weighted by atomic mass is 10.1. The van der Waals surface area contributed by atoms with Crippen molar-refractivity contribution in [2.24, 2.45) is 11.5 Å². The van der Waals surface area contributed by atoms with Gasteiger partial charge in [-0.25, -0.2) is 0 Å². The molecular weight excluding hydrogens is 240 g/mol. The average molecular weight is 256 g/mol. The van der Waals surface area contributed by atoms with Crippen LogP contribution in [0.15, 0.2) is 48.5 Å². The van der Waals surface area contributed by atoms with E-state index < -0.39 is 5.91 Å². The zero-order valence-electron chi connectivity index (χ0n) is 10.5. The molecule has 0 aliphatic carbocycles. The molecule has 0 spiro atoms. The number of ether oxygens (including phenoxy) is 1. The maximum Gasteiger partial charge on any atom is 0.248 e. The molecule has 0 aromatic heterocycles. The van der Waals surface area contributed by atoms with E-state index in [1.165, 1.54) is 0 Å². The molecule has 98 valence electrons. The lowest BCUT2D eigenvalue weighted by molar-refractivity contribution is 0.100. The summed E-state index contributed by atoms with van der Waals surface area (Å²) in [5.41, 5.74) is 13.4. The minimum atomic E-state index is -0.442. The average Bonchev–Trinajstić information content (AvgIpc) is 2.46. The van der Waals surface area contributed by atoms with E-state index in [-0.39, 0.29) is 0 Å². The number of primary amides is 1. The molecule has 0 aliphatic heterocycles. The summed E-state index contributed by atoms with van der Waals surface area (Å²) in [7, 11) is 0. The summed E-state index contributed by atoms with van der Waals surface area (Å²) in [6, 6.07) is 14.7. The highest BCUT2D eigenvalue weighted by molar-refractivity contribution is 5.92. The van der Waals surface area contributed by atoms with Crippen LogP contribution in [0.4, 0.5) is 0 Å². The number of rotatable bonds is 5. The monoisotopic (exact) mass is 256 g/mol. The van der Waals surface area contributed by atoms with Gasteiger partial charge in [0.2, 0.25) is 5.91 Å². The molecule has 2 aromatic rings. The van der Waals surface area contributed by atoms with Gasteiger partial charge in [0.25, 0.3) is 0 Å². The number of hydrogen-bond donors (Lipinski definition) is 2. The minimum Gasteiger partial charge on any atom is -0.489 e. The first kappa shape index (κ1) is 13.1. The predicted octanol–water partition coefficient (Wildman–Crippen LogP) is 1.82. The Hall–Kier alpha value is -2.33. The normalized spacial score (nSPS) is 10.2. The van der Waals surface area contributed by atoms with E-state index in [9.17, 15) is 4.79 Å². The smallest absolute Gasteiger partial charge is 0.248 e. The molecule has 0 heterocycles. The number of carbonyl (C=O) groups excluding carboxylic acids is 1. The second-order valence-corrected chi connectivity index (χ2v) is 4.20. The molecular formula is C15H16N2O2. The van der Waals surface area contributed by atoms with Crippen molar-refractivity contribution < 1.29 is 9.53 Å². The van der Waals surface area contributed by atoms with E-state index in [1.54, 1.807) is 24.3 Å². The molecule has 4 heteroatoms. The molecule has 0 unspecified atom stereocenters. The Labute approximate surface area is 112 Å².